The van der Waals surface area contributed by atoms with Gasteiger partial charge in [0.15, 0.2) is 0 Å². The summed E-state index contributed by atoms with van der Waals surface area (Å²) in [5.74, 6) is -0.375. The zero-order chi connectivity index (χ0) is 18.9. The molecule has 134 valence electrons. The molecule has 1 saturated heterocycles. The summed E-state index contributed by atoms with van der Waals surface area (Å²) < 4.78 is 25.5. The van der Waals surface area contributed by atoms with Crippen molar-refractivity contribution in [3.8, 4) is 6.07 Å². The van der Waals surface area contributed by atoms with Gasteiger partial charge in [0, 0.05) is 12.2 Å². The predicted octanol–water partition coefficient (Wildman–Crippen LogP) is 3.31. The van der Waals surface area contributed by atoms with Crippen molar-refractivity contribution in [2.45, 2.75) is 13.3 Å². The molecule has 6 nitrogen and oxygen atoms in total. The van der Waals surface area contributed by atoms with Gasteiger partial charge < -0.3 is 5.32 Å². The average Bonchev–Trinajstić information content (AvgIpc) is 2.94. The molecule has 0 bridgehead atoms. The largest absolute Gasteiger partial charge is 0.322 e. The molecule has 3 rings (SSSR count). The number of nitrogens with one attached hydrogen (secondary N) is 1. The number of anilines is 2. The van der Waals surface area contributed by atoms with E-state index in [1.54, 1.807) is 24.3 Å². The molecule has 26 heavy (non-hydrogen) atoms. The van der Waals surface area contributed by atoms with E-state index in [-0.39, 0.29) is 16.3 Å². The first-order valence-corrected chi connectivity index (χ1v) is 9.92. The quantitative estimate of drug-likeness (QED) is 0.871. The van der Waals surface area contributed by atoms with E-state index in [9.17, 15) is 13.2 Å². The van der Waals surface area contributed by atoms with Crippen LogP contribution in [0.1, 0.15) is 27.9 Å². The second kappa shape index (κ2) is 6.98. The van der Waals surface area contributed by atoms with E-state index in [1.165, 1.54) is 16.4 Å². The van der Waals surface area contributed by atoms with Gasteiger partial charge in [-0.15, -0.1) is 0 Å². The van der Waals surface area contributed by atoms with Crippen molar-refractivity contribution in [2.75, 3.05) is 21.9 Å². The van der Waals surface area contributed by atoms with E-state index in [0.29, 0.717) is 29.9 Å². The van der Waals surface area contributed by atoms with Crippen molar-refractivity contribution >= 4 is 38.9 Å². The molecule has 1 aliphatic rings. The number of rotatable bonds is 3. The van der Waals surface area contributed by atoms with Crippen LogP contribution in [0.3, 0.4) is 0 Å². The highest BCUT2D eigenvalue weighted by Gasteiger charge is 2.29. The minimum absolute atomic E-state index is 0.0946. The summed E-state index contributed by atoms with van der Waals surface area (Å²) in [6, 6.07) is 11.6. The lowest BCUT2D eigenvalue weighted by molar-refractivity contribution is 0.102. The molecule has 0 saturated carbocycles. The Bertz CT molecular complexity index is 1030. The number of carbonyl (C=O) groups excluding carboxylic acids is 1. The fourth-order valence-corrected chi connectivity index (χ4v) is 4.65. The average molecular weight is 390 g/mol. The van der Waals surface area contributed by atoms with Crippen LogP contribution in [0.2, 0.25) is 5.02 Å². The van der Waals surface area contributed by atoms with Crippen molar-refractivity contribution in [3.05, 3.63) is 58.1 Å². The van der Waals surface area contributed by atoms with E-state index in [1.807, 2.05) is 13.0 Å². The SMILES string of the molecule is Cc1cc(C#N)cc(NC(=O)c2cc(N3CCCS3(=O)=O)ccc2Cl)c1. The van der Waals surface area contributed by atoms with Crippen LogP contribution in [0, 0.1) is 18.3 Å². The minimum atomic E-state index is -3.35. The van der Waals surface area contributed by atoms with Crippen LogP contribution < -0.4 is 9.62 Å². The monoisotopic (exact) mass is 389 g/mol. The van der Waals surface area contributed by atoms with Crippen LogP contribution in [-0.2, 0) is 10.0 Å². The standard InChI is InChI=1S/C18H16ClN3O3S/c1-12-7-13(11-20)9-14(8-12)21-18(23)16-10-15(3-4-17(16)19)22-5-2-6-26(22,24)25/h3-4,7-10H,2,5-6H2,1H3,(H,21,23). The maximum Gasteiger partial charge on any atom is 0.257 e. The summed E-state index contributed by atoms with van der Waals surface area (Å²) in [6.07, 6.45) is 0.548. The van der Waals surface area contributed by atoms with Crippen molar-refractivity contribution in [1.82, 2.24) is 0 Å². The molecule has 8 heteroatoms. The molecule has 1 heterocycles. The number of nitriles is 1. The number of aryl methyl sites for hydroxylation is 1. The Morgan fingerprint density at radius 2 is 2.04 bits per heavy atom. The normalized spacial score (nSPS) is 15.5. The number of hydrogen-bond donors (Lipinski definition) is 1. The highest BCUT2D eigenvalue weighted by molar-refractivity contribution is 7.93. The van der Waals surface area contributed by atoms with Gasteiger partial charge in [-0.2, -0.15) is 5.26 Å². The van der Waals surface area contributed by atoms with E-state index >= 15 is 0 Å². The summed E-state index contributed by atoms with van der Waals surface area (Å²) >= 11 is 6.14. The summed E-state index contributed by atoms with van der Waals surface area (Å²) in [6.45, 7) is 2.21. The smallest absolute Gasteiger partial charge is 0.257 e. The Kier molecular flexibility index (Phi) is 4.90. The highest BCUT2D eigenvalue weighted by Crippen LogP contribution is 2.29. The molecule has 0 unspecified atom stereocenters. The number of sulfonamides is 1. The Hall–Kier alpha value is -2.56. The van der Waals surface area contributed by atoms with E-state index < -0.39 is 15.9 Å². The summed E-state index contributed by atoms with van der Waals surface area (Å²) in [4.78, 5) is 12.6. The van der Waals surface area contributed by atoms with Crippen LogP contribution in [0.15, 0.2) is 36.4 Å². The van der Waals surface area contributed by atoms with Crippen LogP contribution >= 0.6 is 11.6 Å². The van der Waals surface area contributed by atoms with Gasteiger partial charge >= 0.3 is 0 Å². The maximum atomic E-state index is 12.6. The molecule has 1 amide bonds. The van der Waals surface area contributed by atoms with Gasteiger partial charge in [-0.3, -0.25) is 9.10 Å². The van der Waals surface area contributed by atoms with E-state index in [4.69, 9.17) is 16.9 Å². The van der Waals surface area contributed by atoms with Crippen molar-refractivity contribution in [2.24, 2.45) is 0 Å². The molecule has 2 aromatic carbocycles. The van der Waals surface area contributed by atoms with Gasteiger partial charge in [0.1, 0.15) is 0 Å². The summed E-state index contributed by atoms with van der Waals surface area (Å²) in [7, 11) is -3.35. The van der Waals surface area contributed by atoms with Gasteiger partial charge in [0.25, 0.3) is 5.91 Å². The highest BCUT2D eigenvalue weighted by atomic mass is 35.5. The number of nitrogens with zero attached hydrogens (tertiary/aromatic N) is 2. The van der Waals surface area contributed by atoms with Crippen molar-refractivity contribution in [1.29, 1.82) is 5.26 Å². The zero-order valence-corrected chi connectivity index (χ0v) is 15.6. The molecule has 1 N–H and O–H groups in total. The summed E-state index contributed by atoms with van der Waals surface area (Å²) in [5.41, 5.74) is 2.33. The lowest BCUT2D eigenvalue weighted by Crippen LogP contribution is -2.25. The van der Waals surface area contributed by atoms with Gasteiger partial charge in [-0.25, -0.2) is 8.42 Å². The number of amides is 1. The Morgan fingerprint density at radius 3 is 2.69 bits per heavy atom. The third kappa shape index (κ3) is 3.66. The zero-order valence-electron chi connectivity index (χ0n) is 14.0. The third-order valence-corrected chi connectivity index (χ3v) is 6.25. The van der Waals surface area contributed by atoms with Crippen LogP contribution in [0.5, 0.6) is 0 Å². The Morgan fingerprint density at radius 1 is 1.27 bits per heavy atom. The Labute approximate surface area is 157 Å². The minimum Gasteiger partial charge on any atom is -0.322 e. The summed E-state index contributed by atoms with van der Waals surface area (Å²) in [5, 5.41) is 12.0. The number of halogens is 1. The van der Waals surface area contributed by atoms with Gasteiger partial charge in [0.2, 0.25) is 10.0 Å². The first-order valence-electron chi connectivity index (χ1n) is 7.93. The van der Waals surface area contributed by atoms with E-state index in [0.717, 1.165) is 5.56 Å². The van der Waals surface area contributed by atoms with E-state index in [2.05, 4.69) is 5.32 Å². The number of benzene rings is 2. The molecule has 0 atom stereocenters. The molecule has 2 aromatic rings. The molecular formula is C18H16ClN3O3S. The lowest BCUT2D eigenvalue weighted by atomic mass is 10.1. The lowest BCUT2D eigenvalue weighted by Gasteiger charge is -2.18. The first kappa shape index (κ1) is 18.2. The molecule has 0 radical (unpaired) electrons. The second-order valence-corrected chi connectivity index (χ2v) is 8.48. The van der Waals surface area contributed by atoms with Crippen molar-refractivity contribution < 1.29 is 13.2 Å². The maximum absolute atomic E-state index is 12.6. The fraction of sp³-hybridized carbons (Fsp3) is 0.222. The fourth-order valence-electron chi connectivity index (χ4n) is 2.89. The molecule has 0 aliphatic carbocycles. The second-order valence-electron chi connectivity index (χ2n) is 6.06. The molecule has 1 aliphatic heterocycles. The van der Waals surface area contributed by atoms with Gasteiger partial charge in [0.05, 0.1) is 33.7 Å². The topological polar surface area (TPSA) is 90.3 Å². The number of hydrogen-bond acceptors (Lipinski definition) is 4. The molecular weight excluding hydrogens is 374 g/mol. The molecule has 0 spiro atoms. The molecule has 1 fully saturated rings. The first-order chi connectivity index (χ1) is 12.3. The predicted molar refractivity (Wildman–Crippen MR) is 101 cm³/mol. The number of carbonyl (C=O) groups is 1. The van der Waals surface area contributed by atoms with Gasteiger partial charge in [-0.1, -0.05) is 11.6 Å². The third-order valence-electron chi connectivity index (χ3n) is 4.05. The van der Waals surface area contributed by atoms with Crippen molar-refractivity contribution in [3.63, 3.8) is 0 Å². The van der Waals surface area contributed by atoms with Crippen LogP contribution in [0.4, 0.5) is 11.4 Å². The van der Waals surface area contributed by atoms with Crippen LogP contribution in [-0.4, -0.2) is 26.6 Å². The van der Waals surface area contributed by atoms with Gasteiger partial charge in [-0.05, 0) is 55.3 Å². The Balaban J connectivity index is 1.92. The van der Waals surface area contributed by atoms with Crippen LogP contribution in [0.25, 0.3) is 0 Å². The molecule has 0 aromatic heterocycles.